The maximum atomic E-state index is 13.4. The normalized spacial score (nSPS) is 16.7. The zero-order valence-electron chi connectivity index (χ0n) is 21.9. The fourth-order valence-corrected chi connectivity index (χ4v) is 4.39. The lowest BCUT2D eigenvalue weighted by Gasteiger charge is -2.26. The van der Waals surface area contributed by atoms with Crippen LogP contribution >= 0.6 is 0 Å². The Labute approximate surface area is 222 Å². The number of ether oxygens (including phenoxy) is 2. The summed E-state index contributed by atoms with van der Waals surface area (Å²) in [6, 6.07) is 19.7. The molecule has 3 aromatic rings. The summed E-state index contributed by atoms with van der Waals surface area (Å²) in [5.74, 6) is -1.28. The molecule has 1 heterocycles. The van der Waals surface area contributed by atoms with E-state index in [-0.39, 0.29) is 17.9 Å². The van der Waals surface area contributed by atoms with Gasteiger partial charge < -0.3 is 14.6 Å². The monoisotopic (exact) mass is 513 g/mol. The fourth-order valence-electron chi connectivity index (χ4n) is 4.39. The van der Waals surface area contributed by atoms with Crippen molar-refractivity contribution in [2.45, 2.75) is 33.7 Å². The zero-order chi connectivity index (χ0) is 27.4. The molecule has 0 bridgehead atoms. The van der Waals surface area contributed by atoms with Gasteiger partial charge in [-0.1, -0.05) is 38.1 Å². The molecule has 0 aromatic heterocycles. The van der Waals surface area contributed by atoms with Gasteiger partial charge in [0.1, 0.15) is 11.5 Å². The molecule has 1 aliphatic heterocycles. The molecule has 0 aliphatic carbocycles. The van der Waals surface area contributed by atoms with Crippen molar-refractivity contribution in [2.75, 3.05) is 18.1 Å². The van der Waals surface area contributed by atoms with E-state index in [1.165, 1.54) is 4.90 Å². The van der Waals surface area contributed by atoms with Crippen molar-refractivity contribution >= 4 is 29.1 Å². The predicted molar refractivity (Wildman–Crippen MR) is 145 cm³/mol. The predicted octanol–water partition coefficient (Wildman–Crippen LogP) is 5.83. The van der Waals surface area contributed by atoms with Crippen LogP contribution in [-0.4, -0.2) is 36.0 Å². The summed E-state index contributed by atoms with van der Waals surface area (Å²) in [4.78, 5) is 40.3. The summed E-state index contributed by atoms with van der Waals surface area (Å²) in [7, 11) is 0. The summed E-state index contributed by atoms with van der Waals surface area (Å²) >= 11 is 0. The fraction of sp³-hybridized carbons (Fsp3) is 0.258. The molecule has 1 saturated heterocycles. The third-order valence-corrected chi connectivity index (χ3v) is 6.30. The Hall–Kier alpha value is -4.39. The number of esters is 1. The first-order valence-electron chi connectivity index (χ1n) is 12.6. The Morgan fingerprint density at radius 3 is 2.18 bits per heavy atom. The van der Waals surface area contributed by atoms with E-state index in [9.17, 15) is 19.5 Å². The Morgan fingerprint density at radius 2 is 1.58 bits per heavy atom. The lowest BCUT2D eigenvalue weighted by molar-refractivity contribution is -0.132. The minimum atomic E-state index is -0.860. The third kappa shape index (κ3) is 5.32. The molecule has 1 aliphatic rings. The number of Topliss-reactive ketones (excluding diaryl/α,β-unsaturated/α-hetero) is 1. The van der Waals surface area contributed by atoms with Gasteiger partial charge >= 0.3 is 5.97 Å². The first kappa shape index (κ1) is 26.7. The smallest absolute Gasteiger partial charge is 0.338 e. The molecule has 7 nitrogen and oxygen atoms in total. The lowest BCUT2D eigenvalue weighted by atomic mass is 9.92. The van der Waals surface area contributed by atoms with E-state index >= 15 is 0 Å². The highest BCUT2D eigenvalue weighted by Crippen LogP contribution is 2.43. The van der Waals surface area contributed by atoms with Gasteiger partial charge in [0.25, 0.3) is 11.7 Å². The third-order valence-electron chi connectivity index (χ3n) is 6.30. The molecule has 1 fully saturated rings. The van der Waals surface area contributed by atoms with Crippen LogP contribution < -0.4 is 9.64 Å². The molecule has 1 unspecified atom stereocenters. The van der Waals surface area contributed by atoms with E-state index in [4.69, 9.17) is 9.47 Å². The molecular formula is C31H31NO6. The average Bonchev–Trinajstić information content (AvgIpc) is 3.17. The zero-order valence-corrected chi connectivity index (χ0v) is 21.9. The van der Waals surface area contributed by atoms with Crippen molar-refractivity contribution in [3.63, 3.8) is 0 Å². The average molecular weight is 514 g/mol. The number of carbonyl (C=O) groups is 3. The molecule has 7 heteroatoms. The highest BCUT2D eigenvalue weighted by molar-refractivity contribution is 6.51. The van der Waals surface area contributed by atoms with Crippen LogP contribution in [-0.2, 0) is 14.3 Å². The van der Waals surface area contributed by atoms with E-state index in [0.717, 1.165) is 5.56 Å². The van der Waals surface area contributed by atoms with Crippen molar-refractivity contribution in [1.29, 1.82) is 0 Å². The van der Waals surface area contributed by atoms with Crippen LogP contribution in [0.15, 0.2) is 78.4 Å². The molecule has 1 N–H and O–H groups in total. The molecule has 38 heavy (non-hydrogen) atoms. The van der Waals surface area contributed by atoms with Gasteiger partial charge in [-0.25, -0.2) is 4.79 Å². The quantitative estimate of drug-likeness (QED) is 0.176. The summed E-state index contributed by atoms with van der Waals surface area (Å²) < 4.78 is 10.8. The number of hydrogen-bond acceptors (Lipinski definition) is 6. The van der Waals surface area contributed by atoms with Crippen LogP contribution in [0.4, 0.5) is 5.69 Å². The number of aliphatic hydroxyl groups is 1. The number of anilines is 1. The molecular weight excluding hydrogens is 482 g/mol. The number of carbonyl (C=O) groups excluding carboxylic acids is 3. The van der Waals surface area contributed by atoms with Crippen LogP contribution in [0.5, 0.6) is 5.75 Å². The van der Waals surface area contributed by atoms with Gasteiger partial charge in [-0.15, -0.1) is 0 Å². The maximum absolute atomic E-state index is 13.4. The Balaban J connectivity index is 1.79. The topological polar surface area (TPSA) is 93.1 Å². The number of ketones is 1. The van der Waals surface area contributed by atoms with Gasteiger partial charge in [0, 0.05) is 11.3 Å². The first-order valence-corrected chi connectivity index (χ1v) is 12.6. The standard InChI is InChI=1S/C31H31NO6/c1-5-37-31(36)22-10-14-23(15-11-22)32-27(25-9-7-6-8-20(25)4)26(29(34)30(32)35)28(33)21-12-16-24(17-13-21)38-18-19(2)3/h6-17,19,27,33H,5,18H2,1-4H3/b28-26+. The molecule has 1 amide bonds. The molecule has 0 saturated carbocycles. The Morgan fingerprint density at radius 1 is 0.947 bits per heavy atom. The van der Waals surface area contributed by atoms with Crippen LogP contribution in [0.1, 0.15) is 53.9 Å². The van der Waals surface area contributed by atoms with Gasteiger partial charge in [-0.05, 0) is 79.4 Å². The molecule has 196 valence electrons. The van der Waals surface area contributed by atoms with Gasteiger partial charge in [-0.2, -0.15) is 0 Å². The van der Waals surface area contributed by atoms with Gasteiger partial charge in [0.2, 0.25) is 0 Å². The van der Waals surface area contributed by atoms with Crippen LogP contribution in [0.2, 0.25) is 0 Å². The summed E-state index contributed by atoms with van der Waals surface area (Å²) in [6.45, 7) is 8.51. The van der Waals surface area contributed by atoms with E-state index in [0.29, 0.717) is 40.7 Å². The Kier molecular flexibility index (Phi) is 7.96. The lowest BCUT2D eigenvalue weighted by Crippen LogP contribution is -2.29. The number of aryl methyl sites for hydroxylation is 1. The number of benzene rings is 3. The van der Waals surface area contributed by atoms with Crippen molar-refractivity contribution in [3.05, 3.63) is 101 Å². The van der Waals surface area contributed by atoms with Gasteiger partial charge in [0.05, 0.1) is 30.4 Å². The molecule has 0 radical (unpaired) electrons. The minimum absolute atomic E-state index is 0.00498. The largest absolute Gasteiger partial charge is 0.507 e. The first-order chi connectivity index (χ1) is 18.2. The molecule has 3 aromatic carbocycles. The Bertz CT molecular complexity index is 1370. The second-order valence-corrected chi connectivity index (χ2v) is 9.52. The summed E-state index contributed by atoms with van der Waals surface area (Å²) in [6.07, 6.45) is 0. The van der Waals surface area contributed by atoms with E-state index < -0.39 is 23.7 Å². The summed E-state index contributed by atoms with van der Waals surface area (Å²) in [5.41, 5.74) is 2.71. The summed E-state index contributed by atoms with van der Waals surface area (Å²) in [5, 5.41) is 11.4. The van der Waals surface area contributed by atoms with Crippen LogP contribution in [0, 0.1) is 12.8 Å². The molecule has 0 spiro atoms. The number of amides is 1. The van der Waals surface area contributed by atoms with Gasteiger partial charge in [0.15, 0.2) is 0 Å². The number of nitrogens with zero attached hydrogens (tertiary/aromatic N) is 1. The minimum Gasteiger partial charge on any atom is -0.507 e. The van der Waals surface area contributed by atoms with E-state index in [1.807, 2.05) is 31.2 Å². The molecule has 4 rings (SSSR count). The van der Waals surface area contributed by atoms with Crippen molar-refractivity contribution in [1.82, 2.24) is 0 Å². The van der Waals surface area contributed by atoms with Crippen LogP contribution in [0.3, 0.4) is 0 Å². The van der Waals surface area contributed by atoms with Crippen LogP contribution in [0.25, 0.3) is 5.76 Å². The van der Waals surface area contributed by atoms with Crippen molar-refractivity contribution in [3.8, 4) is 5.75 Å². The highest BCUT2D eigenvalue weighted by atomic mass is 16.5. The SMILES string of the molecule is CCOC(=O)c1ccc(N2C(=O)C(=O)/C(=C(/O)c3ccc(OCC(C)C)cc3)C2c2ccccc2C)cc1. The number of hydrogen-bond donors (Lipinski definition) is 1. The second kappa shape index (κ2) is 11.3. The molecule has 1 atom stereocenters. The van der Waals surface area contributed by atoms with Crippen molar-refractivity contribution in [2.24, 2.45) is 5.92 Å². The van der Waals surface area contributed by atoms with E-state index in [1.54, 1.807) is 55.5 Å². The van der Waals surface area contributed by atoms with Crippen molar-refractivity contribution < 1.29 is 29.0 Å². The second-order valence-electron chi connectivity index (χ2n) is 9.52. The van der Waals surface area contributed by atoms with Gasteiger partial charge in [-0.3, -0.25) is 14.5 Å². The highest BCUT2D eigenvalue weighted by Gasteiger charge is 2.47. The number of rotatable bonds is 8. The maximum Gasteiger partial charge on any atom is 0.338 e. The van der Waals surface area contributed by atoms with E-state index in [2.05, 4.69) is 13.8 Å². The number of aliphatic hydroxyl groups excluding tert-OH is 1.